The number of carbonyl (C=O) groups is 2. The van der Waals surface area contributed by atoms with Gasteiger partial charge in [0.2, 0.25) is 5.91 Å². The van der Waals surface area contributed by atoms with E-state index in [9.17, 15) is 9.59 Å². The molecule has 6 nitrogen and oxygen atoms in total. The summed E-state index contributed by atoms with van der Waals surface area (Å²) in [6, 6.07) is 16.0. The maximum Gasteiger partial charge on any atom is 0.271 e. The molecule has 2 aromatic carbocycles. The molecule has 0 bridgehead atoms. The number of aryl methyl sites for hydroxylation is 1. The summed E-state index contributed by atoms with van der Waals surface area (Å²) in [6.45, 7) is 1.97. The van der Waals surface area contributed by atoms with Crippen LogP contribution in [0.25, 0.3) is 0 Å². The molecule has 6 heteroatoms. The molecule has 3 rings (SSSR count). The first-order valence-electron chi connectivity index (χ1n) is 7.63. The highest BCUT2D eigenvalue weighted by Crippen LogP contribution is 2.24. The van der Waals surface area contributed by atoms with E-state index in [4.69, 9.17) is 5.73 Å². The van der Waals surface area contributed by atoms with Crippen LogP contribution in [0.5, 0.6) is 0 Å². The lowest BCUT2D eigenvalue weighted by Gasteiger charge is -2.20. The number of nitrogens with zero attached hydrogens (tertiary/aromatic N) is 2. The summed E-state index contributed by atoms with van der Waals surface area (Å²) in [6.07, 6.45) is 0.182. The Morgan fingerprint density at radius 1 is 1.12 bits per heavy atom. The maximum absolute atomic E-state index is 12.4. The fourth-order valence-electron chi connectivity index (χ4n) is 2.53. The summed E-state index contributed by atoms with van der Waals surface area (Å²) in [5, 5.41) is 8.61. The van der Waals surface area contributed by atoms with E-state index < -0.39 is 11.9 Å². The number of hydrazone groups is 1. The number of para-hydroxylation sites is 1. The van der Waals surface area contributed by atoms with Gasteiger partial charge in [-0.3, -0.25) is 14.6 Å². The van der Waals surface area contributed by atoms with Gasteiger partial charge in [0.1, 0.15) is 11.8 Å². The second kappa shape index (κ2) is 6.54. The van der Waals surface area contributed by atoms with Crippen LogP contribution in [0.15, 0.2) is 59.7 Å². The van der Waals surface area contributed by atoms with E-state index in [0.717, 1.165) is 11.3 Å². The van der Waals surface area contributed by atoms with E-state index >= 15 is 0 Å². The smallest absolute Gasteiger partial charge is 0.271 e. The lowest BCUT2D eigenvalue weighted by molar-refractivity contribution is -0.119. The monoisotopic (exact) mass is 322 g/mol. The van der Waals surface area contributed by atoms with Crippen molar-refractivity contribution in [3.8, 4) is 0 Å². The van der Waals surface area contributed by atoms with Crippen molar-refractivity contribution in [2.24, 2.45) is 10.8 Å². The van der Waals surface area contributed by atoms with Crippen molar-refractivity contribution in [2.45, 2.75) is 19.4 Å². The van der Waals surface area contributed by atoms with Crippen LogP contribution in [0.3, 0.4) is 0 Å². The first kappa shape index (κ1) is 15.7. The second-order valence-electron chi connectivity index (χ2n) is 5.67. The molecule has 122 valence electrons. The van der Waals surface area contributed by atoms with Gasteiger partial charge in [-0.2, -0.15) is 5.10 Å². The van der Waals surface area contributed by atoms with Crippen LogP contribution >= 0.6 is 0 Å². The molecule has 1 aliphatic rings. The fourth-order valence-corrected chi connectivity index (χ4v) is 2.53. The first-order chi connectivity index (χ1) is 11.5. The van der Waals surface area contributed by atoms with Crippen molar-refractivity contribution in [2.75, 3.05) is 10.3 Å². The number of amides is 2. The maximum atomic E-state index is 12.4. The molecule has 1 atom stereocenters. The van der Waals surface area contributed by atoms with Crippen molar-refractivity contribution in [1.29, 1.82) is 0 Å². The second-order valence-corrected chi connectivity index (χ2v) is 5.67. The molecular formula is C18H18N4O2. The number of carbonyl (C=O) groups excluding carboxylic acids is 2. The highest BCUT2D eigenvalue weighted by atomic mass is 16.2. The average molecular weight is 322 g/mol. The number of anilines is 2. The molecule has 1 unspecified atom stereocenters. The van der Waals surface area contributed by atoms with Gasteiger partial charge in [-0.25, -0.2) is 0 Å². The summed E-state index contributed by atoms with van der Waals surface area (Å²) in [5.41, 5.74) is 8.26. The molecule has 1 heterocycles. The first-order valence-corrected chi connectivity index (χ1v) is 7.63. The largest absolute Gasteiger partial charge is 0.368 e. The molecule has 1 aliphatic heterocycles. The molecule has 0 saturated carbocycles. The van der Waals surface area contributed by atoms with E-state index in [2.05, 4.69) is 10.4 Å². The van der Waals surface area contributed by atoms with Gasteiger partial charge in [0.15, 0.2) is 0 Å². The molecule has 2 aromatic rings. The van der Waals surface area contributed by atoms with Crippen LogP contribution in [-0.4, -0.2) is 23.6 Å². The molecule has 0 spiro atoms. The Morgan fingerprint density at radius 3 is 2.42 bits per heavy atom. The number of rotatable bonds is 4. The third-order valence-corrected chi connectivity index (χ3v) is 3.83. The van der Waals surface area contributed by atoms with Crippen LogP contribution in [0.4, 0.5) is 11.4 Å². The van der Waals surface area contributed by atoms with Gasteiger partial charge in [-0.15, -0.1) is 0 Å². The van der Waals surface area contributed by atoms with E-state index in [-0.39, 0.29) is 18.0 Å². The van der Waals surface area contributed by atoms with E-state index in [1.54, 1.807) is 0 Å². The molecule has 3 N–H and O–H groups in total. The van der Waals surface area contributed by atoms with Gasteiger partial charge in [-0.1, -0.05) is 35.9 Å². The molecule has 0 radical (unpaired) electrons. The summed E-state index contributed by atoms with van der Waals surface area (Å²) in [4.78, 5) is 24.1. The minimum absolute atomic E-state index is 0.182. The van der Waals surface area contributed by atoms with Gasteiger partial charge >= 0.3 is 0 Å². The predicted octanol–water partition coefficient (Wildman–Crippen LogP) is 2.05. The third kappa shape index (κ3) is 3.27. The van der Waals surface area contributed by atoms with Crippen LogP contribution in [0.2, 0.25) is 0 Å². The zero-order chi connectivity index (χ0) is 17.1. The van der Waals surface area contributed by atoms with Crippen LogP contribution in [0, 0.1) is 6.92 Å². The average Bonchev–Trinajstić information content (AvgIpc) is 3.03. The van der Waals surface area contributed by atoms with Gasteiger partial charge < -0.3 is 11.1 Å². The summed E-state index contributed by atoms with van der Waals surface area (Å²) in [7, 11) is 0. The zero-order valence-corrected chi connectivity index (χ0v) is 13.3. The lowest BCUT2D eigenvalue weighted by atomic mass is 10.1. The van der Waals surface area contributed by atoms with Gasteiger partial charge in [0.05, 0.1) is 5.69 Å². The number of primary amides is 1. The number of benzene rings is 2. The van der Waals surface area contributed by atoms with E-state index in [0.29, 0.717) is 5.69 Å². The minimum Gasteiger partial charge on any atom is -0.368 e. The van der Waals surface area contributed by atoms with Crippen LogP contribution in [0.1, 0.15) is 12.0 Å². The number of hydrogen-bond acceptors (Lipinski definition) is 4. The quantitative estimate of drug-likeness (QED) is 0.903. The Morgan fingerprint density at radius 2 is 1.79 bits per heavy atom. The van der Waals surface area contributed by atoms with E-state index in [1.807, 2.05) is 61.5 Å². The van der Waals surface area contributed by atoms with Crippen LogP contribution < -0.4 is 16.1 Å². The van der Waals surface area contributed by atoms with Crippen molar-refractivity contribution < 1.29 is 9.59 Å². The number of nitrogens with one attached hydrogen (secondary N) is 1. The van der Waals surface area contributed by atoms with Crippen molar-refractivity contribution in [1.82, 2.24) is 0 Å². The molecule has 0 aliphatic carbocycles. The molecule has 0 aromatic heterocycles. The van der Waals surface area contributed by atoms with Crippen LogP contribution in [-0.2, 0) is 9.59 Å². The van der Waals surface area contributed by atoms with Gasteiger partial charge in [0.25, 0.3) is 5.91 Å². The fraction of sp³-hybridized carbons (Fsp3) is 0.167. The SMILES string of the molecule is Cc1ccc(NC(=O)C2=NN(c3ccccc3)C(C(N)=O)C2)cc1. The van der Waals surface area contributed by atoms with Crippen molar-refractivity contribution in [3.63, 3.8) is 0 Å². The predicted molar refractivity (Wildman–Crippen MR) is 93.8 cm³/mol. The van der Waals surface area contributed by atoms with Gasteiger partial charge in [-0.05, 0) is 31.2 Å². The highest BCUT2D eigenvalue weighted by molar-refractivity contribution is 6.44. The topological polar surface area (TPSA) is 87.8 Å². The Kier molecular flexibility index (Phi) is 4.29. The summed E-state index contributed by atoms with van der Waals surface area (Å²) < 4.78 is 0. The molecule has 24 heavy (non-hydrogen) atoms. The third-order valence-electron chi connectivity index (χ3n) is 3.83. The van der Waals surface area contributed by atoms with Crippen molar-refractivity contribution in [3.05, 3.63) is 60.2 Å². The minimum atomic E-state index is -0.661. The molecule has 0 fully saturated rings. The van der Waals surface area contributed by atoms with Gasteiger partial charge in [0, 0.05) is 12.1 Å². The lowest BCUT2D eigenvalue weighted by Crippen LogP contribution is -2.39. The van der Waals surface area contributed by atoms with E-state index in [1.165, 1.54) is 5.01 Å². The molecular weight excluding hydrogens is 304 g/mol. The Bertz CT molecular complexity index is 784. The Labute approximate surface area is 140 Å². The molecule has 2 amide bonds. The summed E-state index contributed by atoms with van der Waals surface area (Å²) >= 11 is 0. The summed E-state index contributed by atoms with van der Waals surface area (Å²) in [5.74, 6) is -0.843. The Hall–Kier alpha value is -3.15. The Balaban J connectivity index is 1.81. The highest BCUT2D eigenvalue weighted by Gasteiger charge is 2.34. The number of nitrogens with two attached hydrogens (primary N) is 1. The normalized spacial score (nSPS) is 16.6. The standard InChI is InChI=1S/C18H18N4O2/c1-12-7-9-13(10-8-12)20-18(24)15-11-16(17(19)23)22(21-15)14-5-3-2-4-6-14/h2-10,16H,11H2,1H3,(H2,19,23)(H,20,24). The molecule has 0 saturated heterocycles. The number of hydrogen-bond donors (Lipinski definition) is 2. The van der Waals surface area contributed by atoms with Crippen molar-refractivity contribution >= 4 is 28.9 Å². The zero-order valence-electron chi connectivity index (χ0n) is 13.3.